The number of benzene rings is 1. The number of nitrogens with zero attached hydrogens (tertiary/aromatic N) is 3. The van der Waals surface area contributed by atoms with Crippen LogP contribution in [0.1, 0.15) is 12.2 Å². The molecule has 1 saturated heterocycles. The number of carbonyl (C=O) groups is 2. The highest BCUT2D eigenvalue weighted by Crippen LogP contribution is 2.65. The molecular weight excluding hydrogens is 422 g/mol. The summed E-state index contributed by atoms with van der Waals surface area (Å²) < 4.78 is 5.69. The van der Waals surface area contributed by atoms with Crippen molar-refractivity contribution < 1.29 is 18.9 Å². The largest absolute Gasteiger partial charge is 0.455 e. The van der Waals surface area contributed by atoms with Crippen molar-refractivity contribution in [1.29, 1.82) is 0 Å². The molecule has 9 heteroatoms. The Morgan fingerprint density at radius 3 is 2.42 bits per heavy atom. The maximum absolute atomic E-state index is 12.9. The van der Waals surface area contributed by atoms with Crippen molar-refractivity contribution in [3.8, 4) is 11.3 Å². The summed E-state index contributed by atoms with van der Waals surface area (Å²) in [5.41, 5.74) is 0.264. The molecule has 7 rings (SSSR count). The summed E-state index contributed by atoms with van der Waals surface area (Å²) >= 11 is 6.16. The van der Waals surface area contributed by atoms with E-state index in [2.05, 4.69) is 17.3 Å². The summed E-state index contributed by atoms with van der Waals surface area (Å²) in [6.07, 6.45) is 6.65. The number of halogens is 1. The van der Waals surface area contributed by atoms with Crippen molar-refractivity contribution in [1.82, 2.24) is 5.01 Å². The lowest BCUT2D eigenvalue weighted by Gasteiger charge is -2.37. The quantitative estimate of drug-likeness (QED) is 0.237. The van der Waals surface area contributed by atoms with Crippen LogP contribution in [-0.2, 0) is 9.59 Å². The van der Waals surface area contributed by atoms with Crippen LogP contribution < -0.4 is 0 Å². The van der Waals surface area contributed by atoms with E-state index in [1.165, 1.54) is 24.4 Å². The van der Waals surface area contributed by atoms with Gasteiger partial charge in [0.15, 0.2) is 0 Å². The van der Waals surface area contributed by atoms with Gasteiger partial charge in [0.2, 0.25) is 0 Å². The zero-order valence-electron chi connectivity index (χ0n) is 16.1. The summed E-state index contributed by atoms with van der Waals surface area (Å²) in [7, 11) is 0. The Balaban J connectivity index is 1.25. The van der Waals surface area contributed by atoms with Crippen molar-refractivity contribution in [3.05, 3.63) is 63.4 Å². The monoisotopic (exact) mass is 437 g/mol. The molecule has 2 saturated carbocycles. The van der Waals surface area contributed by atoms with Crippen LogP contribution >= 0.6 is 11.6 Å². The molecule has 3 fully saturated rings. The number of non-ortho nitro benzene ring substituents is 1. The minimum Gasteiger partial charge on any atom is -0.455 e. The molecule has 8 nitrogen and oxygen atoms in total. The number of nitro benzene ring substituents is 1. The van der Waals surface area contributed by atoms with Crippen molar-refractivity contribution in [2.75, 3.05) is 0 Å². The van der Waals surface area contributed by atoms with Gasteiger partial charge in [-0.2, -0.15) is 10.1 Å². The van der Waals surface area contributed by atoms with Crippen LogP contribution in [0.2, 0.25) is 5.02 Å². The number of allylic oxidation sites excluding steroid dienone is 2. The van der Waals surface area contributed by atoms with Crippen LogP contribution in [0.25, 0.3) is 11.3 Å². The SMILES string of the molecule is O=C1[C@@H]2[C@@H]3C=C[C@H]([C@H]4C[C@H]34)[C@@H]2C(=O)N1/N=C\c1ccc(-c2cc([N+](=O)[O-])ccc2Cl)o1. The number of carbonyl (C=O) groups excluding carboxylic acids is 2. The first kappa shape index (κ1) is 18.5. The third-order valence-corrected chi connectivity index (χ3v) is 7.32. The first-order valence-electron chi connectivity index (χ1n) is 10.1. The third kappa shape index (κ3) is 2.64. The lowest BCUT2D eigenvalue weighted by atomic mass is 9.63. The van der Waals surface area contributed by atoms with Crippen molar-refractivity contribution in [3.63, 3.8) is 0 Å². The maximum Gasteiger partial charge on any atom is 0.270 e. The molecule has 156 valence electrons. The van der Waals surface area contributed by atoms with Crippen LogP contribution in [0.15, 0.2) is 52.0 Å². The fourth-order valence-corrected chi connectivity index (χ4v) is 5.76. The van der Waals surface area contributed by atoms with Crippen LogP contribution in [0.4, 0.5) is 5.69 Å². The van der Waals surface area contributed by atoms with E-state index in [9.17, 15) is 19.7 Å². The number of rotatable bonds is 4. The van der Waals surface area contributed by atoms with Gasteiger partial charge in [-0.25, -0.2) is 0 Å². The number of hydrazone groups is 1. The zero-order valence-corrected chi connectivity index (χ0v) is 16.8. The fraction of sp³-hybridized carbons (Fsp3) is 0.318. The zero-order chi connectivity index (χ0) is 21.4. The van der Waals surface area contributed by atoms with E-state index in [1.54, 1.807) is 12.1 Å². The average molecular weight is 438 g/mol. The normalized spacial score (nSPS) is 32.6. The van der Waals surface area contributed by atoms with E-state index in [-0.39, 0.29) is 41.2 Å². The summed E-state index contributed by atoms with van der Waals surface area (Å²) in [5, 5.41) is 16.5. The second-order valence-corrected chi connectivity index (χ2v) is 8.92. The molecule has 2 bridgehead atoms. The Kier molecular flexibility index (Phi) is 3.80. The van der Waals surface area contributed by atoms with E-state index in [0.29, 0.717) is 33.9 Å². The van der Waals surface area contributed by atoms with Crippen LogP contribution in [0.5, 0.6) is 0 Å². The molecule has 1 aromatic heterocycles. The molecule has 5 aliphatic rings. The fourth-order valence-electron chi connectivity index (χ4n) is 5.55. The molecule has 6 atom stereocenters. The number of amides is 2. The second kappa shape index (κ2) is 6.37. The van der Waals surface area contributed by atoms with Gasteiger partial charge in [0, 0.05) is 17.7 Å². The minimum atomic E-state index is -0.513. The Hall–Kier alpha value is -3.26. The Labute approximate surface area is 181 Å². The maximum atomic E-state index is 12.9. The van der Waals surface area contributed by atoms with Gasteiger partial charge >= 0.3 is 0 Å². The van der Waals surface area contributed by atoms with Crippen LogP contribution in [0.3, 0.4) is 0 Å². The molecule has 0 unspecified atom stereocenters. The number of furan rings is 1. The molecule has 0 radical (unpaired) electrons. The smallest absolute Gasteiger partial charge is 0.270 e. The highest BCUT2D eigenvalue weighted by Gasteiger charge is 2.67. The standard InChI is InChI=1S/C22H16ClN3O5/c23-17-5-1-10(26(29)30)7-16(17)18-6-2-11(31-18)9-24-25-21(27)19-12-3-4-13(15-8-14(12)15)20(19)22(25)28/h1-7,9,12-15,19-20H,8H2/b24-9-/t12-,13-,14-,15-,19-,20+/m1/s1. The highest BCUT2D eigenvalue weighted by atomic mass is 35.5. The van der Waals surface area contributed by atoms with Gasteiger partial charge in [-0.05, 0) is 48.3 Å². The minimum absolute atomic E-state index is 0.108. The van der Waals surface area contributed by atoms with Crippen molar-refractivity contribution in [2.24, 2.45) is 40.6 Å². The lowest BCUT2D eigenvalue weighted by molar-refractivity contribution is -0.384. The van der Waals surface area contributed by atoms with E-state index in [4.69, 9.17) is 16.0 Å². The van der Waals surface area contributed by atoms with Crippen LogP contribution in [0, 0.1) is 45.6 Å². The van der Waals surface area contributed by atoms with Gasteiger partial charge in [0.1, 0.15) is 11.5 Å². The Morgan fingerprint density at radius 1 is 1.10 bits per heavy atom. The molecule has 4 aliphatic carbocycles. The van der Waals surface area contributed by atoms with Crippen molar-refractivity contribution in [2.45, 2.75) is 6.42 Å². The van der Waals surface area contributed by atoms with E-state index >= 15 is 0 Å². The molecule has 1 aromatic carbocycles. The van der Waals surface area contributed by atoms with E-state index < -0.39 is 4.92 Å². The molecule has 2 aromatic rings. The first-order chi connectivity index (χ1) is 14.9. The first-order valence-corrected chi connectivity index (χ1v) is 10.5. The second-order valence-electron chi connectivity index (χ2n) is 8.51. The predicted octanol–water partition coefficient (Wildman–Crippen LogP) is 3.90. The molecule has 0 N–H and O–H groups in total. The van der Waals surface area contributed by atoms with E-state index in [1.807, 2.05) is 0 Å². The summed E-state index contributed by atoms with van der Waals surface area (Å²) in [5.74, 6) is 0.869. The van der Waals surface area contributed by atoms with Crippen molar-refractivity contribution >= 4 is 35.3 Å². The topological polar surface area (TPSA) is 106 Å². The molecular formula is C22H16ClN3O5. The van der Waals surface area contributed by atoms with Gasteiger partial charge in [0.25, 0.3) is 17.5 Å². The predicted molar refractivity (Wildman–Crippen MR) is 110 cm³/mol. The molecule has 31 heavy (non-hydrogen) atoms. The third-order valence-electron chi connectivity index (χ3n) is 6.99. The number of nitro groups is 1. The van der Waals surface area contributed by atoms with E-state index in [0.717, 1.165) is 11.4 Å². The van der Waals surface area contributed by atoms with Gasteiger partial charge < -0.3 is 4.42 Å². The van der Waals surface area contributed by atoms with Gasteiger partial charge in [-0.15, -0.1) is 0 Å². The Morgan fingerprint density at radius 2 is 1.77 bits per heavy atom. The number of hydrogen-bond donors (Lipinski definition) is 0. The molecule has 2 amide bonds. The van der Waals surface area contributed by atoms with Gasteiger partial charge in [-0.1, -0.05) is 23.8 Å². The summed E-state index contributed by atoms with van der Waals surface area (Å²) in [6, 6.07) is 7.28. The summed E-state index contributed by atoms with van der Waals surface area (Å²) in [4.78, 5) is 36.4. The molecule has 0 spiro atoms. The summed E-state index contributed by atoms with van der Waals surface area (Å²) in [6.45, 7) is 0. The highest BCUT2D eigenvalue weighted by molar-refractivity contribution is 6.33. The van der Waals surface area contributed by atoms with Crippen LogP contribution in [-0.4, -0.2) is 28.0 Å². The molecule has 1 aliphatic heterocycles. The van der Waals surface area contributed by atoms with Gasteiger partial charge in [0.05, 0.1) is 28.0 Å². The number of hydrogen-bond acceptors (Lipinski definition) is 6. The average Bonchev–Trinajstić information content (AvgIpc) is 3.40. The van der Waals surface area contributed by atoms with Gasteiger partial charge in [-0.3, -0.25) is 19.7 Å². The number of imide groups is 1. The Bertz CT molecular complexity index is 1180. The molecule has 2 heterocycles. The lowest BCUT2D eigenvalue weighted by Crippen LogP contribution is -2.40.